The van der Waals surface area contributed by atoms with Crippen LogP contribution in [0.2, 0.25) is 0 Å². The van der Waals surface area contributed by atoms with Crippen molar-refractivity contribution in [1.82, 2.24) is 0 Å². The van der Waals surface area contributed by atoms with E-state index >= 15 is 0 Å². The minimum Gasteiger partial charge on any atom is -0.505 e. The summed E-state index contributed by atoms with van der Waals surface area (Å²) in [6.07, 6.45) is 3.65. The molecule has 0 atom stereocenters. The normalized spacial score (nSPS) is 18.4. The predicted molar refractivity (Wildman–Crippen MR) is 73.6 cm³/mol. The van der Waals surface area contributed by atoms with Crippen LogP contribution in [0.15, 0.2) is 17.0 Å². The number of carboxylic acid groups (broad SMARTS) is 1. The maximum Gasteiger partial charge on any atom is 0.314 e. The van der Waals surface area contributed by atoms with E-state index in [1.165, 1.54) is 6.07 Å². The molecule has 1 fully saturated rings. The molecule has 0 bridgehead atoms. The van der Waals surface area contributed by atoms with Crippen LogP contribution in [0.25, 0.3) is 0 Å². The van der Waals surface area contributed by atoms with Crippen molar-refractivity contribution in [3.05, 3.63) is 23.5 Å². The Morgan fingerprint density at radius 2 is 1.81 bits per heavy atom. The van der Waals surface area contributed by atoms with Crippen LogP contribution in [0.5, 0.6) is 5.75 Å². The Bertz CT molecular complexity index is 675. The Balaban J connectivity index is 2.64. The SMILES string of the molecule is CS(=O)(=O)c1ccc(C2(C(=O)O)CCCCC2)c(O)c1F. The zero-order chi connectivity index (χ0) is 15.8. The molecule has 2 N–H and O–H groups in total. The second kappa shape index (κ2) is 5.29. The smallest absolute Gasteiger partial charge is 0.314 e. The van der Waals surface area contributed by atoms with E-state index in [1.807, 2.05) is 0 Å². The summed E-state index contributed by atoms with van der Waals surface area (Å²) in [5.41, 5.74) is -1.39. The number of phenolic OH excluding ortho intramolecular Hbond substituents is 1. The molecule has 21 heavy (non-hydrogen) atoms. The van der Waals surface area contributed by atoms with Crippen LogP contribution >= 0.6 is 0 Å². The Kier molecular flexibility index (Phi) is 3.97. The highest BCUT2D eigenvalue weighted by molar-refractivity contribution is 7.90. The van der Waals surface area contributed by atoms with Gasteiger partial charge in [-0.05, 0) is 18.9 Å². The molecule has 0 radical (unpaired) electrons. The molecular weight excluding hydrogens is 299 g/mol. The van der Waals surface area contributed by atoms with Crippen LogP contribution in [-0.2, 0) is 20.0 Å². The number of hydrogen-bond donors (Lipinski definition) is 2. The molecule has 1 aromatic carbocycles. The van der Waals surface area contributed by atoms with Gasteiger partial charge in [-0.3, -0.25) is 4.79 Å². The van der Waals surface area contributed by atoms with Gasteiger partial charge in [-0.2, -0.15) is 0 Å². The molecule has 0 unspecified atom stereocenters. The standard InChI is InChI=1S/C14H17FO5S/c1-21(19,20)10-6-5-9(12(16)11(10)15)14(13(17)18)7-3-2-4-8-14/h5-6,16H,2-4,7-8H2,1H3,(H,17,18). The zero-order valence-electron chi connectivity index (χ0n) is 11.6. The van der Waals surface area contributed by atoms with Gasteiger partial charge in [-0.1, -0.05) is 25.3 Å². The third kappa shape index (κ3) is 2.62. The second-order valence-electron chi connectivity index (χ2n) is 5.49. The molecule has 0 spiro atoms. The molecule has 0 aliphatic heterocycles. The van der Waals surface area contributed by atoms with E-state index in [0.29, 0.717) is 25.7 Å². The van der Waals surface area contributed by atoms with Crippen molar-refractivity contribution in [3.8, 4) is 5.75 Å². The first-order valence-corrected chi connectivity index (χ1v) is 8.55. The summed E-state index contributed by atoms with van der Waals surface area (Å²) in [6.45, 7) is 0. The van der Waals surface area contributed by atoms with Crippen molar-refractivity contribution in [2.75, 3.05) is 6.26 Å². The molecule has 0 aromatic heterocycles. The lowest BCUT2D eigenvalue weighted by Crippen LogP contribution is -2.38. The fourth-order valence-electron chi connectivity index (χ4n) is 2.97. The highest BCUT2D eigenvalue weighted by atomic mass is 32.2. The molecule has 1 aromatic rings. The van der Waals surface area contributed by atoms with Crippen molar-refractivity contribution in [2.45, 2.75) is 42.4 Å². The van der Waals surface area contributed by atoms with Gasteiger partial charge in [0.05, 0.1) is 5.41 Å². The van der Waals surface area contributed by atoms with Crippen molar-refractivity contribution in [1.29, 1.82) is 0 Å². The highest BCUT2D eigenvalue weighted by Gasteiger charge is 2.44. The number of sulfone groups is 1. The van der Waals surface area contributed by atoms with Crippen molar-refractivity contribution in [2.24, 2.45) is 0 Å². The molecule has 5 nitrogen and oxygen atoms in total. The van der Waals surface area contributed by atoms with Crippen LogP contribution in [0.3, 0.4) is 0 Å². The topological polar surface area (TPSA) is 91.7 Å². The molecule has 1 aliphatic carbocycles. The van der Waals surface area contributed by atoms with Crippen molar-refractivity contribution in [3.63, 3.8) is 0 Å². The summed E-state index contributed by atoms with van der Waals surface area (Å²) in [7, 11) is -3.83. The summed E-state index contributed by atoms with van der Waals surface area (Å²) in [4.78, 5) is 11.0. The average Bonchev–Trinajstić information content (AvgIpc) is 2.41. The first-order chi connectivity index (χ1) is 9.70. The van der Waals surface area contributed by atoms with E-state index in [-0.39, 0.29) is 5.56 Å². The van der Waals surface area contributed by atoms with Crippen LogP contribution in [0.4, 0.5) is 4.39 Å². The van der Waals surface area contributed by atoms with Gasteiger partial charge in [0.1, 0.15) is 4.90 Å². The molecule has 0 amide bonds. The second-order valence-corrected chi connectivity index (χ2v) is 7.48. The summed E-state index contributed by atoms with van der Waals surface area (Å²) in [5.74, 6) is -3.27. The molecule has 1 saturated carbocycles. The summed E-state index contributed by atoms with van der Waals surface area (Å²) in [6, 6.07) is 2.24. The monoisotopic (exact) mass is 316 g/mol. The largest absolute Gasteiger partial charge is 0.505 e. The predicted octanol–water partition coefficient (Wildman–Crippen LogP) is 2.22. The fourth-order valence-corrected chi connectivity index (χ4v) is 3.71. The van der Waals surface area contributed by atoms with Crippen LogP contribution < -0.4 is 0 Å². The Morgan fingerprint density at radius 1 is 1.24 bits per heavy atom. The van der Waals surface area contributed by atoms with E-state index in [9.17, 15) is 27.8 Å². The molecule has 116 valence electrons. The molecule has 0 heterocycles. The number of carboxylic acids is 1. The third-order valence-electron chi connectivity index (χ3n) is 4.11. The molecule has 2 rings (SSSR count). The van der Waals surface area contributed by atoms with Gasteiger partial charge >= 0.3 is 5.97 Å². The summed E-state index contributed by atoms with van der Waals surface area (Å²) in [5, 5.41) is 19.5. The lowest BCUT2D eigenvalue weighted by atomic mass is 9.69. The van der Waals surface area contributed by atoms with Crippen LogP contribution in [0.1, 0.15) is 37.7 Å². The summed E-state index contributed by atoms with van der Waals surface area (Å²) >= 11 is 0. The number of phenols is 1. The average molecular weight is 316 g/mol. The minimum absolute atomic E-state index is 0.0420. The number of aliphatic carboxylic acids is 1. The fraction of sp³-hybridized carbons (Fsp3) is 0.500. The van der Waals surface area contributed by atoms with Gasteiger partial charge in [0.25, 0.3) is 0 Å². The molecular formula is C14H17FO5S. The number of halogens is 1. The zero-order valence-corrected chi connectivity index (χ0v) is 12.4. The maximum absolute atomic E-state index is 14.1. The highest BCUT2D eigenvalue weighted by Crippen LogP contribution is 2.44. The quantitative estimate of drug-likeness (QED) is 0.892. The number of carbonyl (C=O) groups is 1. The van der Waals surface area contributed by atoms with Gasteiger partial charge in [0, 0.05) is 11.8 Å². The van der Waals surface area contributed by atoms with E-state index in [2.05, 4.69) is 0 Å². The molecule has 7 heteroatoms. The molecule has 0 saturated heterocycles. The third-order valence-corrected chi connectivity index (χ3v) is 5.23. The van der Waals surface area contributed by atoms with E-state index < -0.39 is 37.7 Å². The van der Waals surface area contributed by atoms with Gasteiger partial charge in [-0.15, -0.1) is 0 Å². The minimum atomic E-state index is -3.83. The number of benzene rings is 1. The lowest BCUT2D eigenvalue weighted by Gasteiger charge is -2.34. The van der Waals surface area contributed by atoms with Gasteiger partial charge in [-0.25, -0.2) is 12.8 Å². The number of hydrogen-bond acceptors (Lipinski definition) is 4. The van der Waals surface area contributed by atoms with Crippen LogP contribution in [-0.4, -0.2) is 30.9 Å². The van der Waals surface area contributed by atoms with Crippen molar-refractivity contribution < 1.29 is 27.8 Å². The Labute approximate surface area is 122 Å². The van der Waals surface area contributed by atoms with Crippen molar-refractivity contribution >= 4 is 15.8 Å². The summed E-state index contributed by atoms with van der Waals surface area (Å²) < 4.78 is 37.0. The lowest BCUT2D eigenvalue weighted by molar-refractivity contribution is -0.145. The van der Waals surface area contributed by atoms with Gasteiger partial charge < -0.3 is 10.2 Å². The van der Waals surface area contributed by atoms with Crippen LogP contribution in [0, 0.1) is 5.82 Å². The number of aromatic hydroxyl groups is 1. The number of rotatable bonds is 3. The Hall–Kier alpha value is -1.63. The van der Waals surface area contributed by atoms with E-state index in [0.717, 1.165) is 18.7 Å². The Morgan fingerprint density at radius 3 is 2.29 bits per heavy atom. The first kappa shape index (κ1) is 15.8. The van der Waals surface area contributed by atoms with Gasteiger partial charge in [0.15, 0.2) is 21.4 Å². The van der Waals surface area contributed by atoms with Gasteiger partial charge in [0.2, 0.25) is 0 Å². The van der Waals surface area contributed by atoms with E-state index in [4.69, 9.17) is 0 Å². The van der Waals surface area contributed by atoms with E-state index in [1.54, 1.807) is 0 Å². The molecule has 1 aliphatic rings. The maximum atomic E-state index is 14.1. The first-order valence-electron chi connectivity index (χ1n) is 6.65.